The Hall–Kier alpha value is -1.15. The maximum absolute atomic E-state index is 11.8. The first-order valence-corrected chi connectivity index (χ1v) is 5.43. The molecule has 0 bridgehead atoms. The molecule has 82 valence electrons. The van der Waals surface area contributed by atoms with Gasteiger partial charge in [0.05, 0.1) is 0 Å². The third-order valence-corrected chi connectivity index (χ3v) is 2.81. The van der Waals surface area contributed by atoms with Crippen molar-refractivity contribution in [3.63, 3.8) is 0 Å². The second kappa shape index (κ2) is 5.08. The van der Waals surface area contributed by atoms with Crippen LogP contribution in [0.25, 0.3) is 0 Å². The summed E-state index contributed by atoms with van der Waals surface area (Å²) in [5.74, 6) is 0.161. The Morgan fingerprint density at radius 3 is 2.53 bits per heavy atom. The first-order chi connectivity index (χ1) is 7.10. The van der Waals surface area contributed by atoms with Crippen LogP contribution in [0.15, 0.2) is 12.1 Å². The molecule has 0 aliphatic heterocycles. The summed E-state index contributed by atoms with van der Waals surface area (Å²) in [6.07, 6.45) is 1.40. The highest BCUT2D eigenvalue weighted by molar-refractivity contribution is 5.98. The van der Waals surface area contributed by atoms with E-state index in [0.717, 1.165) is 17.5 Å². The first-order valence-electron chi connectivity index (χ1n) is 5.43. The summed E-state index contributed by atoms with van der Waals surface area (Å²) in [6, 6.07) is 4.15. The van der Waals surface area contributed by atoms with Crippen molar-refractivity contribution in [3.8, 4) is 0 Å². The minimum absolute atomic E-state index is 0.161. The molecule has 0 unspecified atom stereocenters. The molecule has 0 amide bonds. The van der Waals surface area contributed by atoms with Gasteiger partial charge in [0.25, 0.3) is 0 Å². The molecule has 2 nitrogen and oxygen atoms in total. The van der Waals surface area contributed by atoms with Gasteiger partial charge < -0.3 is 5.73 Å². The summed E-state index contributed by atoms with van der Waals surface area (Å²) in [4.78, 5) is 11.8. The van der Waals surface area contributed by atoms with Crippen molar-refractivity contribution in [2.45, 2.75) is 33.6 Å². The van der Waals surface area contributed by atoms with Crippen LogP contribution >= 0.6 is 0 Å². The lowest BCUT2D eigenvalue weighted by atomic mass is 9.95. The fourth-order valence-electron chi connectivity index (χ4n) is 1.69. The molecule has 2 heteroatoms. The predicted octanol–water partition coefficient (Wildman–Crippen LogP) is 2.40. The number of aryl methyl sites for hydroxylation is 2. The smallest absolute Gasteiger partial charge is 0.164 e. The van der Waals surface area contributed by atoms with E-state index in [2.05, 4.69) is 13.0 Å². The van der Waals surface area contributed by atoms with Crippen LogP contribution in [0, 0.1) is 13.8 Å². The van der Waals surface area contributed by atoms with E-state index in [1.807, 2.05) is 19.9 Å². The monoisotopic (exact) mass is 205 g/mol. The number of nitrogens with two attached hydrogens (primary N) is 1. The van der Waals surface area contributed by atoms with Gasteiger partial charge in [-0.05, 0) is 49.6 Å². The van der Waals surface area contributed by atoms with Gasteiger partial charge in [-0.25, -0.2) is 0 Å². The van der Waals surface area contributed by atoms with Crippen LogP contribution in [0.5, 0.6) is 0 Å². The van der Waals surface area contributed by atoms with Crippen molar-refractivity contribution >= 4 is 5.78 Å². The number of benzene rings is 1. The molecular weight excluding hydrogens is 186 g/mol. The van der Waals surface area contributed by atoms with E-state index in [1.165, 1.54) is 11.1 Å². The lowest BCUT2D eigenvalue weighted by molar-refractivity contribution is 0.0984. The second-order valence-electron chi connectivity index (χ2n) is 3.90. The van der Waals surface area contributed by atoms with Gasteiger partial charge in [-0.3, -0.25) is 4.79 Å². The van der Waals surface area contributed by atoms with Gasteiger partial charge in [0, 0.05) is 12.0 Å². The third kappa shape index (κ3) is 2.66. The lowest BCUT2D eigenvalue weighted by Crippen LogP contribution is -2.10. The van der Waals surface area contributed by atoms with Gasteiger partial charge in [0.1, 0.15) is 0 Å². The molecule has 0 saturated carbocycles. The van der Waals surface area contributed by atoms with Crippen LogP contribution in [-0.2, 0) is 6.42 Å². The quantitative estimate of drug-likeness (QED) is 0.767. The Morgan fingerprint density at radius 1 is 1.33 bits per heavy atom. The number of Topliss-reactive ketones (excluding diaryl/α,β-unsaturated/α-hetero) is 1. The molecule has 2 N–H and O–H groups in total. The Balaban J connectivity index is 3.15. The highest BCUT2D eigenvalue weighted by atomic mass is 16.1. The van der Waals surface area contributed by atoms with E-state index < -0.39 is 0 Å². The molecule has 0 aromatic heterocycles. The molecule has 1 aromatic rings. The Kier molecular flexibility index (Phi) is 4.04. The van der Waals surface area contributed by atoms with Crippen LogP contribution in [0.4, 0.5) is 0 Å². The SMILES string of the molecule is CCc1cc(C)c(C)c(C(=O)CCN)c1. The van der Waals surface area contributed by atoms with Crippen LogP contribution in [-0.4, -0.2) is 12.3 Å². The van der Waals surface area contributed by atoms with Gasteiger partial charge in [-0.15, -0.1) is 0 Å². The summed E-state index contributed by atoms with van der Waals surface area (Å²) in [6.45, 7) is 6.57. The maximum Gasteiger partial charge on any atom is 0.164 e. The Labute approximate surface area is 91.5 Å². The highest BCUT2D eigenvalue weighted by Gasteiger charge is 2.10. The summed E-state index contributed by atoms with van der Waals surface area (Å²) in [5.41, 5.74) is 9.75. The van der Waals surface area contributed by atoms with Gasteiger partial charge >= 0.3 is 0 Å². The zero-order valence-electron chi connectivity index (χ0n) is 9.76. The second-order valence-corrected chi connectivity index (χ2v) is 3.90. The normalized spacial score (nSPS) is 10.4. The summed E-state index contributed by atoms with van der Waals surface area (Å²) >= 11 is 0. The zero-order valence-corrected chi connectivity index (χ0v) is 9.76. The molecule has 0 aliphatic rings. The largest absolute Gasteiger partial charge is 0.330 e. The van der Waals surface area contributed by atoms with E-state index in [-0.39, 0.29) is 5.78 Å². The fraction of sp³-hybridized carbons (Fsp3) is 0.462. The number of carbonyl (C=O) groups excluding carboxylic acids is 1. The highest BCUT2D eigenvalue weighted by Crippen LogP contribution is 2.18. The van der Waals surface area contributed by atoms with Crippen molar-refractivity contribution in [2.24, 2.45) is 5.73 Å². The van der Waals surface area contributed by atoms with Crippen LogP contribution in [0.1, 0.15) is 40.4 Å². The van der Waals surface area contributed by atoms with Crippen molar-refractivity contribution < 1.29 is 4.79 Å². The number of carbonyl (C=O) groups is 1. The molecular formula is C13H19NO. The number of hydrogen-bond donors (Lipinski definition) is 1. The standard InChI is InChI=1S/C13H19NO/c1-4-11-7-9(2)10(3)12(8-11)13(15)5-6-14/h7-8H,4-6,14H2,1-3H3. The summed E-state index contributed by atoms with van der Waals surface area (Å²) < 4.78 is 0. The molecule has 1 rings (SSSR count). The Morgan fingerprint density at radius 2 is 2.00 bits per heavy atom. The van der Waals surface area contributed by atoms with Gasteiger partial charge in [0.15, 0.2) is 5.78 Å². The van der Waals surface area contributed by atoms with Gasteiger partial charge in [-0.1, -0.05) is 13.0 Å². The number of ketones is 1. The molecule has 0 heterocycles. The summed E-state index contributed by atoms with van der Waals surface area (Å²) in [5, 5.41) is 0. The van der Waals surface area contributed by atoms with E-state index in [0.29, 0.717) is 13.0 Å². The summed E-state index contributed by atoms with van der Waals surface area (Å²) in [7, 11) is 0. The van der Waals surface area contributed by atoms with E-state index in [9.17, 15) is 4.79 Å². The first kappa shape index (κ1) is 11.9. The zero-order chi connectivity index (χ0) is 11.4. The van der Waals surface area contributed by atoms with Crippen LogP contribution < -0.4 is 5.73 Å². The number of rotatable bonds is 4. The molecule has 0 fully saturated rings. The molecule has 0 spiro atoms. The van der Waals surface area contributed by atoms with Crippen molar-refractivity contribution in [2.75, 3.05) is 6.54 Å². The topological polar surface area (TPSA) is 43.1 Å². The van der Waals surface area contributed by atoms with Crippen molar-refractivity contribution in [3.05, 3.63) is 34.4 Å². The predicted molar refractivity (Wildman–Crippen MR) is 63.3 cm³/mol. The number of hydrogen-bond acceptors (Lipinski definition) is 2. The molecule has 15 heavy (non-hydrogen) atoms. The van der Waals surface area contributed by atoms with Crippen LogP contribution in [0.3, 0.4) is 0 Å². The molecule has 0 radical (unpaired) electrons. The van der Waals surface area contributed by atoms with Crippen LogP contribution in [0.2, 0.25) is 0 Å². The van der Waals surface area contributed by atoms with Gasteiger partial charge in [-0.2, -0.15) is 0 Å². The van der Waals surface area contributed by atoms with Crippen molar-refractivity contribution in [1.82, 2.24) is 0 Å². The average Bonchev–Trinajstić information content (AvgIpc) is 2.22. The fourth-order valence-corrected chi connectivity index (χ4v) is 1.69. The lowest BCUT2D eigenvalue weighted by Gasteiger charge is -2.10. The molecule has 0 aliphatic carbocycles. The average molecular weight is 205 g/mol. The van der Waals surface area contributed by atoms with Crippen molar-refractivity contribution in [1.29, 1.82) is 0 Å². The Bertz CT molecular complexity index is 369. The maximum atomic E-state index is 11.8. The van der Waals surface area contributed by atoms with E-state index in [4.69, 9.17) is 5.73 Å². The third-order valence-electron chi connectivity index (χ3n) is 2.81. The molecule has 0 saturated heterocycles. The molecule has 1 aromatic carbocycles. The van der Waals surface area contributed by atoms with E-state index >= 15 is 0 Å². The van der Waals surface area contributed by atoms with Gasteiger partial charge in [0.2, 0.25) is 0 Å². The van der Waals surface area contributed by atoms with E-state index in [1.54, 1.807) is 0 Å². The minimum atomic E-state index is 0.161. The minimum Gasteiger partial charge on any atom is -0.330 e. The molecule has 0 atom stereocenters.